The highest BCUT2D eigenvalue weighted by atomic mass is 19.1. The Hall–Kier alpha value is -2.49. The average molecular weight is 285 g/mol. The van der Waals surface area contributed by atoms with Crippen LogP contribution in [0.2, 0.25) is 0 Å². The lowest BCUT2D eigenvalue weighted by molar-refractivity contribution is 0.0969. The van der Waals surface area contributed by atoms with Gasteiger partial charge in [0.05, 0.1) is 12.1 Å². The maximum atomic E-state index is 13.6. The third kappa shape index (κ3) is 2.44. The largest absolute Gasteiger partial charge is 0.340 e. The number of Topliss-reactive ketones (excluding diaryl/α,β-unsaturated/α-hetero) is 1. The molecule has 0 fully saturated rings. The highest BCUT2D eigenvalue weighted by Crippen LogP contribution is 2.20. The van der Waals surface area contributed by atoms with Crippen LogP contribution in [0.4, 0.5) is 8.78 Å². The number of aryl methyl sites for hydroxylation is 1. The van der Waals surface area contributed by atoms with Gasteiger partial charge in [-0.2, -0.15) is 0 Å². The summed E-state index contributed by atoms with van der Waals surface area (Å²) in [5.74, 6) is -1.90. The van der Waals surface area contributed by atoms with Crippen LogP contribution in [0.25, 0.3) is 10.9 Å². The van der Waals surface area contributed by atoms with Crippen LogP contribution in [-0.2, 0) is 6.54 Å². The number of fused-ring (bicyclic) bond motifs is 1. The lowest BCUT2D eigenvalue weighted by atomic mass is 10.1. The molecule has 0 atom stereocenters. The smallest absolute Gasteiger partial charge is 0.185 e. The first kappa shape index (κ1) is 13.5. The molecule has 1 aromatic heterocycles. The van der Waals surface area contributed by atoms with Crippen molar-refractivity contribution in [1.29, 1.82) is 0 Å². The van der Waals surface area contributed by atoms with Crippen molar-refractivity contribution < 1.29 is 13.6 Å². The molecule has 2 nitrogen and oxygen atoms in total. The van der Waals surface area contributed by atoms with Gasteiger partial charge in [-0.15, -0.1) is 0 Å². The zero-order valence-corrected chi connectivity index (χ0v) is 11.4. The van der Waals surface area contributed by atoms with E-state index < -0.39 is 11.6 Å². The van der Waals surface area contributed by atoms with Gasteiger partial charge in [-0.25, -0.2) is 8.78 Å². The summed E-state index contributed by atoms with van der Waals surface area (Å²) in [6.07, 6.45) is 1.80. The van der Waals surface area contributed by atoms with E-state index in [1.54, 1.807) is 10.8 Å². The molecule has 3 rings (SSSR count). The number of halogens is 2. The molecule has 0 aliphatic carbocycles. The van der Waals surface area contributed by atoms with Gasteiger partial charge >= 0.3 is 0 Å². The molecule has 0 spiro atoms. The molecule has 0 N–H and O–H groups in total. The van der Waals surface area contributed by atoms with E-state index in [9.17, 15) is 13.6 Å². The highest BCUT2D eigenvalue weighted by Gasteiger charge is 2.14. The number of aromatic nitrogens is 1. The van der Waals surface area contributed by atoms with Crippen LogP contribution in [0.1, 0.15) is 15.9 Å². The molecule has 0 bridgehead atoms. The molecule has 0 amide bonds. The van der Waals surface area contributed by atoms with Crippen LogP contribution in [0.15, 0.2) is 48.7 Å². The molecular formula is C17H13F2NO. The van der Waals surface area contributed by atoms with Gasteiger partial charge < -0.3 is 4.57 Å². The molecule has 0 saturated carbocycles. The fourth-order valence-corrected chi connectivity index (χ4v) is 2.47. The number of benzene rings is 2. The first-order valence-electron chi connectivity index (χ1n) is 6.59. The van der Waals surface area contributed by atoms with Gasteiger partial charge in [0, 0.05) is 23.2 Å². The van der Waals surface area contributed by atoms with Crippen molar-refractivity contribution in [3.05, 3.63) is 71.4 Å². The molecule has 0 unspecified atom stereocenters. The number of carbonyl (C=O) groups is 1. The normalized spacial score (nSPS) is 11.0. The van der Waals surface area contributed by atoms with E-state index >= 15 is 0 Å². The summed E-state index contributed by atoms with van der Waals surface area (Å²) in [4.78, 5) is 12.2. The van der Waals surface area contributed by atoms with Crippen molar-refractivity contribution in [3.8, 4) is 0 Å². The summed E-state index contributed by atoms with van der Waals surface area (Å²) in [6, 6.07) is 10.8. The lowest BCUT2D eigenvalue weighted by Crippen LogP contribution is -2.11. The predicted molar refractivity (Wildman–Crippen MR) is 77.4 cm³/mol. The highest BCUT2D eigenvalue weighted by molar-refractivity contribution is 5.97. The molecule has 1 heterocycles. The minimum atomic E-state index is -0.826. The second kappa shape index (κ2) is 5.13. The van der Waals surface area contributed by atoms with Gasteiger partial charge in [-0.05, 0) is 36.8 Å². The predicted octanol–water partition coefficient (Wildman–Crippen LogP) is 4.11. The number of ketones is 1. The average Bonchev–Trinajstić information content (AvgIpc) is 2.83. The summed E-state index contributed by atoms with van der Waals surface area (Å²) < 4.78 is 28.3. The van der Waals surface area contributed by atoms with Crippen molar-refractivity contribution in [1.82, 2.24) is 4.57 Å². The minimum Gasteiger partial charge on any atom is -0.340 e. The van der Waals surface area contributed by atoms with Gasteiger partial charge in [0.2, 0.25) is 0 Å². The van der Waals surface area contributed by atoms with Gasteiger partial charge in [0.15, 0.2) is 5.78 Å². The molecule has 4 heteroatoms. The van der Waals surface area contributed by atoms with E-state index in [4.69, 9.17) is 0 Å². The van der Waals surface area contributed by atoms with Gasteiger partial charge in [-0.1, -0.05) is 12.1 Å². The van der Waals surface area contributed by atoms with E-state index in [1.807, 2.05) is 31.2 Å². The van der Waals surface area contributed by atoms with E-state index in [2.05, 4.69) is 0 Å². The third-order valence-electron chi connectivity index (χ3n) is 3.58. The van der Waals surface area contributed by atoms with Gasteiger partial charge in [-0.3, -0.25) is 4.79 Å². The standard InChI is InChI=1S/C17H13F2NO/c1-11-3-2-4-16-13(11)7-8-20(16)10-17(21)14-6-5-12(18)9-15(14)19/h2-9H,10H2,1H3. The summed E-state index contributed by atoms with van der Waals surface area (Å²) in [6.45, 7) is 2.02. The molecule has 0 saturated heterocycles. The van der Waals surface area contributed by atoms with E-state index in [1.165, 1.54) is 6.07 Å². The monoisotopic (exact) mass is 285 g/mol. The van der Waals surface area contributed by atoms with Crippen molar-refractivity contribution in [2.75, 3.05) is 0 Å². The van der Waals surface area contributed by atoms with Crippen LogP contribution in [-0.4, -0.2) is 10.4 Å². The van der Waals surface area contributed by atoms with Gasteiger partial charge in [0.1, 0.15) is 11.6 Å². The minimum absolute atomic E-state index is 0.0233. The maximum Gasteiger partial charge on any atom is 0.185 e. The zero-order valence-electron chi connectivity index (χ0n) is 11.4. The Balaban J connectivity index is 1.95. The molecule has 0 aliphatic rings. The third-order valence-corrected chi connectivity index (χ3v) is 3.58. The number of nitrogens with zero attached hydrogens (tertiary/aromatic N) is 1. The summed E-state index contributed by atoms with van der Waals surface area (Å²) >= 11 is 0. The number of hydrogen-bond donors (Lipinski definition) is 0. The Morgan fingerprint density at radius 1 is 1.14 bits per heavy atom. The molecule has 106 valence electrons. The first-order valence-corrected chi connectivity index (χ1v) is 6.59. The van der Waals surface area contributed by atoms with E-state index in [-0.39, 0.29) is 17.9 Å². The van der Waals surface area contributed by atoms with Crippen LogP contribution in [0.3, 0.4) is 0 Å². The second-order valence-electron chi connectivity index (χ2n) is 5.00. The Bertz CT molecular complexity index is 836. The quantitative estimate of drug-likeness (QED) is 0.664. The number of hydrogen-bond acceptors (Lipinski definition) is 1. The topological polar surface area (TPSA) is 22.0 Å². The van der Waals surface area contributed by atoms with Crippen LogP contribution >= 0.6 is 0 Å². The summed E-state index contributed by atoms with van der Waals surface area (Å²) in [5.41, 5.74) is 1.95. The fraction of sp³-hybridized carbons (Fsp3) is 0.118. The molecule has 0 radical (unpaired) electrons. The van der Waals surface area contributed by atoms with Crippen molar-refractivity contribution >= 4 is 16.7 Å². The van der Waals surface area contributed by atoms with Crippen LogP contribution in [0.5, 0.6) is 0 Å². The second-order valence-corrected chi connectivity index (χ2v) is 5.00. The molecule has 3 aromatic rings. The molecule has 21 heavy (non-hydrogen) atoms. The fourth-order valence-electron chi connectivity index (χ4n) is 2.47. The van der Waals surface area contributed by atoms with Crippen molar-refractivity contribution in [2.24, 2.45) is 0 Å². The van der Waals surface area contributed by atoms with E-state index in [0.717, 1.165) is 28.6 Å². The summed E-state index contributed by atoms with van der Waals surface area (Å²) in [7, 11) is 0. The van der Waals surface area contributed by atoms with Crippen molar-refractivity contribution in [3.63, 3.8) is 0 Å². The Kier molecular flexibility index (Phi) is 3.29. The van der Waals surface area contributed by atoms with Gasteiger partial charge in [0.25, 0.3) is 0 Å². The molecular weight excluding hydrogens is 272 g/mol. The molecule has 0 aliphatic heterocycles. The van der Waals surface area contributed by atoms with Crippen molar-refractivity contribution in [2.45, 2.75) is 13.5 Å². The zero-order chi connectivity index (χ0) is 15.0. The Morgan fingerprint density at radius 3 is 2.71 bits per heavy atom. The Labute approximate surface area is 120 Å². The first-order chi connectivity index (χ1) is 10.1. The van der Waals surface area contributed by atoms with Crippen LogP contribution < -0.4 is 0 Å². The lowest BCUT2D eigenvalue weighted by Gasteiger charge is -2.06. The number of rotatable bonds is 3. The SMILES string of the molecule is Cc1cccc2c1ccn2CC(=O)c1ccc(F)cc1F. The molecule has 2 aromatic carbocycles. The maximum absolute atomic E-state index is 13.6. The number of carbonyl (C=O) groups excluding carboxylic acids is 1. The Morgan fingerprint density at radius 2 is 1.95 bits per heavy atom. The summed E-state index contributed by atoms with van der Waals surface area (Å²) in [5, 5.41) is 1.06. The van der Waals surface area contributed by atoms with Crippen LogP contribution in [0, 0.1) is 18.6 Å². The van der Waals surface area contributed by atoms with E-state index in [0.29, 0.717) is 0 Å².